The molecular formula is C16H12N6O2S. The van der Waals surface area contributed by atoms with Crippen LogP contribution in [-0.2, 0) is 0 Å². The normalized spacial score (nSPS) is 10.9. The van der Waals surface area contributed by atoms with Crippen molar-refractivity contribution in [3.05, 3.63) is 57.8 Å². The molecule has 3 aromatic heterocycles. The number of benzene rings is 1. The predicted molar refractivity (Wildman–Crippen MR) is 94.7 cm³/mol. The van der Waals surface area contributed by atoms with Crippen LogP contribution in [0.15, 0.2) is 41.6 Å². The highest BCUT2D eigenvalue weighted by molar-refractivity contribution is 7.17. The topological polar surface area (TPSA) is 116 Å². The number of anilines is 1. The van der Waals surface area contributed by atoms with Crippen LogP contribution in [0, 0.1) is 6.92 Å². The fourth-order valence-corrected chi connectivity index (χ4v) is 3.35. The Hall–Kier alpha value is -3.33. The number of H-pyrrole nitrogens is 2. The van der Waals surface area contributed by atoms with E-state index in [0.717, 1.165) is 0 Å². The molecule has 8 nitrogen and oxygen atoms in total. The number of hydrogen-bond donors (Lipinski definition) is 3. The Kier molecular flexibility index (Phi) is 3.62. The van der Waals surface area contributed by atoms with Crippen molar-refractivity contribution in [2.75, 3.05) is 5.32 Å². The summed E-state index contributed by atoms with van der Waals surface area (Å²) in [5, 5.41) is 3.46. The van der Waals surface area contributed by atoms with Crippen molar-refractivity contribution >= 4 is 34.0 Å². The number of amides is 1. The fourth-order valence-electron chi connectivity index (χ4n) is 2.42. The summed E-state index contributed by atoms with van der Waals surface area (Å²) >= 11 is 1.26. The SMILES string of the molecule is Cc1nc(-c2cnccn2)sc1C(=O)Nc1ccc2[nH]c(=O)[nH]c2c1. The number of nitrogens with zero attached hydrogens (tertiary/aromatic N) is 3. The third-order valence-electron chi connectivity index (χ3n) is 3.56. The van der Waals surface area contributed by atoms with Gasteiger partial charge in [-0.2, -0.15) is 0 Å². The highest BCUT2D eigenvalue weighted by Gasteiger charge is 2.17. The van der Waals surface area contributed by atoms with E-state index in [2.05, 4.69) is 30.2 Å². The standard InChI is InChI=1S/C16H12N6O2S/c1-8-13(25-15(19-8)12-7-17-4-5-18-12)14(23)20-9-2-3-10-11(6-9)22-16(24)21-10/h2-7H,1H3,(H,20,23)(H2,21,22,24). The van der Waals surface area contributed by atoms with Gasteiger partial charge in [0, 0.05) is 18.1 Å². The van der Waals surface area contributed by atoms with Gasteiger partial charge in [-0.05, 0) is 25.1 Å². The molecule has 0 saturated heterocycles. The zero-order chi connectivity index (χ0) is 17.4. The van der Waals surface area contributed by atoms with E-state index in [1.54, 1.807) is 43.7 Å². The van der Waals surface area contributed by atoms with Crippen molar-refractivity contribution in [1.82, 2.24) is 24.9 Å². The number of thiazole rings is 1. The summed E-state index contributed by atoms with van der Waals surface area (Å²) in [5.41, 5.74) is 2.86. The lowest BCUT2D eigenvalue weighted by Crippen LogP contribution is -2.11. The first-order valence-electron chi connectivity index (χ1n) is 7.37. The fraction of sp³-hybridized carbons (Fsp3) is 0.0625. The highest BCUT2D eigenvalue weighted by atomic mass is 32.1. The number of carbonyl (C=O) groups is 1. The molecule has 0 saturated carbocycles. The summed E-state index contributed by atoms with van der Waals surface area (Å²) in [6, 6.07) is 5.16. The molecule has 0 aliphatic rings. The van der Waals surface area contributed by atoms with Gasteiger partial charge in [0.05, 0.1) is 22.9 Å². The smallest absolute Gasteiger partial charge is 0.321 e. The number of imidazole rings is 1. The van der Waals surface area contributed by atoms with E-state index >= 15 is 0 Å². The van der Waals surface area contributed by atoms with Gasteiger partial charge in [-0.15, -0.1) is 11.3 Å². The van der Waals surface area contributed by atoms with Gasteiger partial charge in [-0.1, -0.05) is 0 Å². The molecule has 3 N–H and O–H groups in total. The summed E-state index contributed by atoms with van der Waals surface area (Å²) in [7, 11) is 0. The van der Waals surface area contributed by atoms with E-state index in [0.29, 0.717) is 38.0 Å². The lowest BCUT2D eigenvalue weighted by atomic mass is 10.2. The van der Waals surface area contributed by atoms with Crippen molar-refractivity contribution in [2.45, 2.75) is 6.92 Å². The van der Waals surface area contributed by atoms with Crippen LogP contribution >= 0.6 is 11.3 Å². The summed E-state index contributed by atoms with van der Waals surface area (Å²) in [5.74, 6) is -0.262. The van der Waals surface area contributed by atoms with Crippen LogP contribution in [0.1, 0.15) is 15.4 Å². The summed E-state index contributed by atoms with van der Waals surface area (Å²) < 4.78 is 0. The first-order valence-corrected chi connectivity index (χ1v) is 8.19. The Bertz CT molecular complexity index is 1130. The minimum atomic E-state index is -0.287. The van der Waals surface area contributed by atoms with Crippen LogP contribution in [0.25, 0.3) is 21.7 Å². The van der Waals surface area contributed by atoms with E-state index in [1.807, 2.05) is 0 Å². The zero-order valence-corrected chi connectivity index (χ0v) is 13.8. The van der Waals surface area contributed by atoms with Gasteiger partial charge in [-0.3, -0.25) is 14.8 Å². The largest absolute Gasteiger partial charge is 0.323 e. The number of nitrogens with one attached hydrogen (secondary N) is 3. The first-order chi connectivity index (χ1) is 12.1. The molecule has 0 unspecified atom stereocenters. The minimum absolute atomic E-state index is 0.262. The molecule has 0 aliphatic carbocycles. The predicted octanol–water partition coefficient (Wildman–Crippen LogP) is 2.33. The van der Waals surface area contributed by atoms with Crippen molar-refractivity contribution in [3.63, 3.8) is 0 Å². The zero-order valence-electron chi connectivity index (χ0n) is 13.0. The van der Waals surface area contributed by atoms with Crippen LogP contribution in [-0.4, -0.2) is 30.8 Å². The minimum Gasteiger partial charge on any atom is -0.321 e. The van der Waals surface area contributed by atoms with Crippen molar-refractivity contribution in [1.29, 1.82) is 0 Å². The van der Waals surface area contributed by atoms with Gasteiger partial charge in [0.25, 0.3) is 5.91 Å². The number of aryl methyl sites for hydroxylation is 1. The quantitative estimate of drug-likeness (QED) is 0.523. The molecule has 4 rings (SSSR count). The van der Waals surface area contributed by atoms with Crippen LogP contribution in [0.2, 0.25) is 0 Å². The molecule has 0 atom stereocenters. The summed E-state index contributed by atoms with van der Waals surface area (Å²) in [6.45, 7) is 1.78. The van der Waals surface area contributed by atoms with Crippen LogP contribution in [0.5, 0.6) is 0 Å². The lowest BCUT2D eigenvalue weighted by molar-refractivity contribution is 0.103. The highest BCUT2D eigenvalue weighted by Crippen LogP contribution is 2.27. The van der Waals surface area contributed by atoms with E-state index in [1.165, 1.54) is 11.3 Å². The average Bonchev–Trinajstić information content (AvgIpc) is 3.17. The molecule has 3 heterocycles. The molecule has 9 heteroatoms. The maximum Gasteiger partial charge on any atom is 0.323 e. The Morgan fingerprint density at radius 1 is 1.20 bits per heavy atom. The van der Waals surface area contributed by atoms with E-state index < -0.39 is 0 Å². The number of rotatable bonds is 3. The Balaban J connectivity index is 1.62. The third-order valence-corrected chi connectivity index (χ3v) is 4.74. The Labute approximate surface area is 145 Å². The third kappa shape index (κ3) is 2.92. The Morgan fingerprint density at radius 2 is 2.04 bits per heavy atom. The van der Waals surface area contributed by atoms with Crippen molar-refractivity contribution in [2.24, 2.45) is 0 Å². The number of hydrogen-bond acceptors (Lipinski definition) is 6. The number of carbonyl (C=O) groups excluding carboxylic acids is 1. The molecule has 0 fully saturated rings. The molecule has 124 valence electrons. The second-order valence-corrected chi connectivity index (χ2v) is 6.32. The molecule has 0 radical (unpaired) electrons. The lowest BCUT2D eigenvalue weighted by Gasteiger charge is -2.03. The molecule has 1 amide bonds. The number of aromatic nitrogens is 5. The molecule has 25 heavy (non-hydrogen) atoms. The van der Waals surface area contributed by atoms with E-state index in [9.17, 15) is 9.59 Å². The van der Waals surface area contributed by atoms with Crippen LogP contribution in [0.3, 0.4) is 0 Å². The summed E-state index contributed by atoms with van der Waals surface area (Å²) in [4.78, 5) is 42.3. The number of fused-ring (bicyclic) bond motifs is 1. The molecule has 0 bridgehead atoms. The van der Waals surface area contributed by atoms with Crippen LogP contribution in [0.4, 0.5) is 5.69 Å². The molecule has 0 spiro atoms. The van der Waals surface area contributed by atoms with Crippen molar-refractivity contribution < 1.29 is 4.79 Å². The maximum atomic E-state index is 12.6. The molecular weight excluding hydrogens is 340 g/mol. The van der Waals surface area contributed by atoms with Gasteiger partial charge in [0.2, 0.25) is 0 Å². The van der Waals surface area contributed by atoms with Gasteiger partial charge in [-0.25, -0.2) is 9.78 Å². The molecule has 1 aromatic carbocycles. The average molecular weight is 352 g/mol. The molecule has 0 aliphatic heterocycles. The number of aromatic amines is 2. The molecule has 4 aromatic rings. The monoisotopic (exact) mass is 352 g/mol. The second kappa shape index (κ2) is 5.95. The van der Waals surface area contributed by atoms with Crippen LogP contribution < -0.4 is 11.0 Å². The Morgan fingerprint density at radius 3 is 2.84 bits per heavy atom. The second-order valence-electron chi connectivity index (χ2n) is 5.32. The van der Waals surface area contributed by atoms with E-state index in [-0.39, 0.29) is 11.6 Å². The van der Waals surface area contributed by atoms with Gasteiger partial charge >= 0.3 is 5.69 Å². The van der Waals surface area contributed by atoms with Gasteiger partial charge < -0.3 is 15.3 Å². The van der Waals surface area contributed by atoms with Crippen molar-refractivity contribution in [3.8, 4) is 10.7 Å². The van der Waals surface area contributed by atoms with Gasteiger partial charge in [0.1, 0.15) is 15.6 Å². The van der Waals surface area contributed by atoms with E-state index in [4.69, 9.17) is 0 Å². The maximum absolute atomic E-state index is 12.6. The van der Waals surface area contributed by atoms with Gasteiger partial charge in [0.15, 0.2) is 0 Å². The summed E-state index contributed by atoms with van der Waals surface area (Å²) in [6.07, 6.45) is 4.77. The first kappa shape index (κ1) is 15.2.